The van der Waals surface area contributed by atoms with Crippen LogP contribution in [-0.2, 0) is 4.79 Å². The molecule has 1 unspecified atom stereocenters. The Labute approximate surface area is 125 Å². The maximum absolute atomic E-state index is 11.3. The Balaban J connectivity index is 1.72. The van der Waals surface area contributed by atoms with Crippen LogP contribution in [-0.4, -0.2) is 47.3 Å². The van der Waals surface area contributed by atoms with Gasteiger partial charge < -0.3 is 20.4 Å². The van der Waals surface area contributed by atoms with Crippen molar-refractivity contribution in [2.75, 3.05) is 26.2 Å². The fourth-order valence-electron chi connectivity index (χ4n) is 2.73. The summed E-state index contributed by atoms with van der Waals surface area (Å²) >= 11 is 0. The molecule has 1 aromatic carbocycles. The zero-order chi connectivity index (χ0) is 15.1. The first kappa shape index (κ1) is 15.8. The molecule has 0 radical (unpaired) electrons. The van der Waals surface area contributed by atoms with E-state index in [0.29, 0.717) is 12.1 Å². The van der Waals surface area contributed by atoms with E-state index in [2.05, 4.69) is 10.2 Å². The molecule has 0 aliphatic carbocycles. The van der Waals surface area contributed by atoms with Crippen molar-refractivity contribution in [3.8, 4) is 5.75 Å². The molecule has 1 atom stereocenters. The summed E-state index contributed by atoms with van der Waals surface area (Å²) in [5, 5.41) is 21.6. The minimum Gasteiger partial charge on any atom is -0.508 e. The van der Waals surface area contributed by atoms with Crippen molar-refractivity contribution in [2.45, 2.75) is 31.7 Å². The zero-order valence-electron chi connectivity index (χ0n) is 12.3. The molecule has 1 saturated heterocycles. The van der Waals surface area contributed by atoms with Crippen molar-refractivity contribution in [3.63, 3.8) is 0 Å². The smallest absolute Gasteiger partial charge is 0.325 e. The minimum atomic E-state index is -0.889. The highest BCUT2D eigenvalue weighted by atomic mass is 16.4. The third kappa shape index (κ3) is 5.02. The summed E-state index contributed by atoms with van der Waals surface area (Å²) in [6.45, 7) is 4.21. The average Bonchev–Trinajstić information content (AvgIpc) is 2.97. The molecule has 1 aromatic rings. The number of aromatic hydroxyl groups is 1. The number of hydrogen-bond acceptors (Lipinski definition) is 4. The Kier molecular flexibility index (Phi) is 6.02. The molecule has 0 spiro atoms. The lowest BCUT2D eigenvalue weighted by Gasteiger charge is -2.16. The molecule has 1 aliphatic rings. The summed E-state index contributed by atoms with van der Waals surface area (Å²) in [6.07, 6.45) is 4.67. The molecule has 1 fully saturated rings. The first-order valence-electron chi connectivity index (χ1n) is 7.64. The summed E-state index contributed by atoms with van der Waals surface area (Å²) in [4.78, 5) is 13.8. The van der Waals surface area contributed by atoms with Gasteiger partial charge >= 0.3 is 5.97 Å². The van der Waals surface area contributed by atoms with Crippen LogP contribution in [0.3, 0.4) is 0 Å². The van der Waals surface area contributed by atoms with Gasteiger partial charge in [-0.2, -0.15) is 0 Å². The predicted octanol–water partition coefficient (Wildman–Crippen LogP) is 1.98. The SMILES string of the molecule is O=C(O)C(NCCCCN1CCCC1)c1ccc(O)cc1. The summed E-state index contributed by atoms with van der Waals surface area (Å²) in [5.74, 6) is -0.742. The number of aliphatic carboxylic acids is 1. The van der Waals surface area contributed by atoms with Gasteiger partial charge in [-0.25, -0.2) is 0 Å². The van der Waals surface area contributed by atoms with E-state index in [4.69, 9.17) is 0 Å². The monoisotopic (exact) mass is 292 g/mol. The summed E-state index contributed by atoms with van der Waals surface area (Å²) in [5.41, 5.74) is 0.667. The molecule has 21 heavy (non-hydrogen) atoms. The maximum atomic E-state index is 11.3. The fourth-order valence-corrected chi connectivity index (χ4v) is 2.73. The first-order chi connectivity index (χ1) is 10.2. The summed E-state index contributed by atoms with van der Waals surface area (Å²) in [6, 6.07) is 5.61. The van der Waals surface area contributed by atoms with Gasteiger partial charge in [-0.15, -0.1) is 0 Å². The number of carboxylic acids is 1. The lowest BCUT2D eigenvalue weighted by Crippen LogP contribution is -2.30. The van der Waals surface area contributed by atoms with Crippen LogP contribution in [0.25, 0.3) is 0 Å². The van der Waals surface area contributed by atoms with Crippen molar-refractivity contribution in [1.82, 2.24) is 10.2 Å². The Morgan fingerprint density at radius 2 is 1.86 bits per heavy atom. The number of phenols is 1. The number of hydrogen-bond donors (Lipinski definition) is 3. The summed E-state index contributed by atoms with van der Waals surface area (Å²) < 4.78 is 0. The van der Waals surface area contributed by atoms with Gasteiger partial charge in [0.1, 0.15) is 11.8 Å². The highest BCUT2D eigenvalue weighted by Crippen LogP contribution is 2.17. The van der Waals surface area contributed by atoms with Gasteiger partial charge in [-0.1, -0.05) is 12.1 Å². The second-order valence-corrected chi connectivity index (χ2v) is 5.57. The van der Waals surface area contributed by atoms with E-state index in [1.165, 1.54) is 38.1 Å². The lowest BCUT2D eigenvalue weighted by molar-refractivity contribution is -0.139. The molecule has 0 saturated carbocycles. The molecule has 5 nitrogen and oxygen atoms in total. The number of carboxylic acid groups (broad SMARTS) is 1. The molecular formula is C16H24N2O3. The Morgan fingerprint density at radius 3 is 2.48 bits per heavy atom. The molecule has 0 amide bonds. The highest BCUT2D eigenvalue weighted by molar-refractivity contribution is 5.75. The summed E-state index contributed by atoms with van der Waals surface area (Å²) in [7, 11) is 0. The molecule has 1 aliphatic heterocycles. The van der Waals surface area contributed by atoms with E-state index in [1.807, 2.05) is 0 Å². The zero-order valence-corrected chi connectivity index (χ0v) is 12.3. The van der Waals surface area contributed by atoms with Crippen molar-refractivity contribution in [3.05, 3.63) is 29.8 Å². The number of rotatable bonds is 8. The van der Waals surface area contributed by atoms with Crippen LogP contribution in [0.2, 0.25) is 0 Å². The van der Waals surface area contributed by atoms with Gasteiger partial charge in [-0.3, -0.25) is 4.79 Å². The van der Waals surface area contributed by atoms with E-state index in [1.54, 1.807) is 12.1 Å². The van der Waals surface area contributed by atoms with E-state index in [9.17, 15) is 15.0 Å². The highest BCUT2D eigenvalue weighted by Gasteiger charge is 2.18. The van der Waals surface area contributed by atoms with E-state index in [0.717, 1.165) is 19.4 Å². The number of phenolic OH excluding ortho intramolecular Hbond substituents is 1. The Hall–Kier alpha value is -1.59. The van der Waals surface area contributed by atoms with Crippen LogP contribution in [0, 0.1) is 0 Å². The number of carbonyl (C=O) groups is 1. The molecule has 2 rings (SSSR count). The minimum absolute atomic E-state index is 0.147. The van der Waals surface area contributed by atoms with Crippen molar-refractivity contribution >= 4 is 5.97 Å². The van der Waals surface area contributed by atoms with Gasteiger partial charge in [-0.05, 0) is 69.6 Å². The van der Waals surface area contributed by atoms with Gasteiger partial charge in [0.25, 0.3) is 0 Å². The van der Waals surface area contributed by atoms with Crippen LogP contribution in [0.4, 0.5) is 0 Å². The van der Waals surface area contributed by atoms with E-state index in [-0.39, 0.29) is 5.75 Å². The average molecular weight is 292 g/mol. The fraction of sp³-hybridized carbons (Fsp3) is 0.562. The van der Waals surface area contributed by atoms with Crippen LogP contribution >= 0.6 is 0 Å². The van der Waals surface area contributed by atoms with Gasteiger partial charge in [0.15, 0.2) is 0 Å². The van der Waals surface area contributed by atoms with Crippen molar-refractivity contribution in [1.29, 1.82) is 0 Å². The molecule has 116 valence electrons. The molecule has 0 aromatic heterocycles. The van der Waals surface area contributed by atoms with Crippen molar-refractivity contribution < 1.29 is 15.0 Å². The van der Waals surface area contributed by atoms with Crippen LogP contribution in [0.15, 0.2) is 24.3 Å². The molecular weight excluding hydrogens is 268 g/mol. The number of benzene rings is 1. The predicted molar refractivity (Wildman–Crippen MR) is 81.4 cm³/mol. The molecule has 1 heterocycles. The quantitative estimate of drug-likeness (QED) is 0.639. The third-order valence-electron chi connectivity index (χ3n) is 3.92. The van der Waals surface area contributed by atoms with Gasteiger partial charge in [0.2, 0.25) is 0 Å². The van der Waals surface area contributed by atoms with Crippen molar-refractivity contribution in [2.24, 2.45) is 0 Å². The lowest BCUT2D eigenvalue weighted by atomic mass is 10.1. The Morgan fingerprint density at radius 1 is 1.19 bits per heavy atom. The van der Waals surface area contributed by atoms with Gasteiger partial charge in [0.05, 0.1) is 0 Å². The largest absolute Gasteiger partial charge is 0.508 e. The van der Waals surface area contributed by atoms with E-state index >= 15 is 0 Å². The van der Waals surface area contributed by atoms with E-state index < -0.39 is 12.0 Å². The molecule has 0 bridgehead atoms. The van der Waals surface area contributed by atoms with Crippen LogP contribution in [0.1, 0.15) is 37.3 Å². The number of nitrogens with zero attached hydrogens (tertiary/aromatic N) is 1. The van der Waals surface area contributed by atoms with Crippen LogP contribution in [0.5, 0.6) is 5.75 Å². The second kappa shape index (κ2) is 8.00. The standard InChI is InChI=1S/C16H24N2O3/c19-14-7-5-13(6-8-14)15(16(20)21)17-9-1-2-10-18-11-3-4-12-18/h5-8,15,17,19H,1-4,9-12H2,(H,20,21). The third-order valence-corrected chi connectivity index (χ3v) is 3.92. The van der Waals surface area contributed by atoms with Crippen LogP contribution < -0.4 is 5.32 Å². The Bertz CT molecular complexity index is 441. The van der Waals surface area contributed by atoms with Gasteiger partial charge in [0, 0.05) is 0 Å². The normalized spacial score (nSPS) is 17.0. The first-order valence-corrected chi connectivity index (χ1v) is 7.64. The molecule has 5 heteroatoms. The maximum Gasteiger partial charge on any atom is 0.325 e. The number of unbranched alkanes of at least 4 members (excludes halogenated alkanes) is 1. The number of likely N-dealkylation sites (tertiary alicyclic amines) is 1. The number of nitrogens with one attached hydrogen (secondary N) is 1. The molecule has 3 N–H and O–H groups in total. The topological polar surface area (TPSA) is 72.8 Å². The second-order valence-electron chi connectivity index (χ2n) is 5.57.